The first-order chi connectivity index (χ1) is 4.43. The number of nitrogens with zero attached hydrogens (tertiary/aromatic N) is 3. The molecule has 1 aromatic heterocycles. The number of oxime groups is 1. The third-order valence-corrected chi connectivity index (χ3v) is 1.26. The summed E-state index contributed by atoms with van der Waals surface area (Å²) in [6.07, 6.45) is 3.18. The molecule has 0 aliphatic rings. The highest BCUT2D eigenvalue weighted by atomic mass is 32.1. The predicted molar refractivity (Wildman–Crippen MR) is 34.5 cm³/mol. The molecule has 1 aromatic rings. The standard InChI is InChI=1S/C4H5N3OS/c1-8-6-3-4-2-5-7-9-4/h2-3H,1H3/b6-3-. The van der Waals surface area contributed by atoms with Crippen molar-refractivity contribution in [3.8, 4) is 0 Å². The van der Waals surface area contributed by atoms with Gasteiger partial charge in [0.2, 0.25) is 0 Å². The molecule has 0 fully saturated rings. The Morgan fingerprint density at radius 3 is 3.33 bits per heavy atom. The average Bonchev–Trinajstić information content (AvgIpc) is 2.34. The smallest absolute Gasteiger partial charge is 0.106 e. The van der Waals surface area contributed by atoms with Gasteiger partial charge in [-0.2, -0.15) is 0 Å². The SMILES string of the molecule is CO/N=C\c1cnns1. The van der Waals surface area contributed by atoms with Crippen LogP contribution in [-0.2, 0) is 4.84 Å². The molecule has 0 amide bonds. The van der Waals surface area contributed by atoms with Crippen LogP contribution in [0, 0.1) is 0 Å². The van der Waals surface area contributed by atoms with Gasteiger partial charge >= 0.3 is 0 Å². The number of hydrogen-bond acceptors (Lipinski definition) is 5. The minimum atomic E-state index is 0.886. The molecule has 0 spiro atoms. The molecule has 0 aliphatic heterocycles. The molecular weight excluding hydrogens is 138 g/mol. The van der Waals surface area contributed by atoms with E-state index in [9.17, 15) is 0 Å². The van der Waals surface area contributed by atoms with Crippen LogP contribution in [-0.4, -0.2) is 22.9 Å². The van der Waals surface area contributed by atoms with Crippen LogP contribution in [0.15, 0.2) is 11.4 Å². The number of aromatic nitrogens is 2. The Bertz CT molecular complexity index is 184. The Morgan fingerprint density at radius 2 is 2.78 bits per heavy atom. The van der Waals surface area contributed by atoms with E-state index in [1.54, 1.807) is 12.4 Å². The molecule has 5 heteroatoms. The maximum absolute atomic E-state index is 4.44. The maximum Gasteiger partial charge on any atom is 0.106 e. The van der Waals surface area contributed by atoms with Crippen LogP contribution >= 0.6 is 11.5 Å². The van der Waals surface area contributed by atoms with E-state index in [1.165, 1.54) is 18.6 Å². The van der Waals surface area contributed by atoms with E-state index < -0.39 is 0 Å². The first-order valence-corrected chi connectivity index (χ1v) is 3.04. The molecule has 4 nitrogen and oxygen atoms in total. The molecule has 0 atom stereocenters. The lowest BCUT2D eigenvalue weighted by molar-refractivity contribution is 0.215. The molecule has 0 radical (unpaired) electrons. The Balaban J connectivity index is 2.57. The van der Waals surface area contributed by atoms with Crippen LogP contribution in [0.25, 0.3) is 0 Å². The summed E-state index contributed by atoms with van der Waals surface area (Å²) in [7, 11) is 1.49. The molecule has 9 heavy (non-hydrogen) atoms. The molecule has 48 valence electrons. The minimum absolute atomic E-state index is 0.886. The Hall–Kier alpha value is -0.970. The monoisotopic (exact) mass is 143 g/mol. The summed E-state index contributed by atoms with van der Waals surface area (Å²) >= 11 is 1.27. The molecule has 1 rings (SSSR count). The van der Waals surface area contributed by atoms with Gasteiger partial charge in [0.25, 0.3) is 0 Å². The Kier molecular flexibility index (Phi) is 2.14. The zero-order valence-corrected chi connectivity index (χ0v) is 5.63. The Labute approximate surface area is 56.3 Å². The third kappa shape index (κ3) is 1.77. The third-order valence-electron chi connectivity index (χ3n) is 0.664. The summed E-state index contributed by atoms with van der Waals surface area (Å²) < 4.78 is 3.62. The van der Waals surface area contributed by atoms with E-state index in [1.807, 2.05) is 0 Å². The van der Waals surface area contributed by atoms with Crippen LogP contribution in [0.1, 0.15) is 4.88 Å². The van der Waals surface area contributed by atoms with E-state index in [4.69, 9.17) is 0 Å². The van der Waals surface area contributed by atoms with Crippen molar-refractivity contribution < 1.29 is 4.84 Å². The Morgan fingerprint density at radius 1 is 1.89 bits per heavy atom. The van der Waals surface area contributed by atoms with Gasteiger partial charge in [-0.15, -0.1) is 5.10 Å². The highest BCUT2D eigenvalue weighted by Crippen LogP contribution is 1.95. The number of hydrogen-bond donors (Lipinski definition) is 0. The van der Waals surface area contributed by atoms with Gasteiger partial charge in [-0.05, 0) is 11.5 Å². The van der Waals surface area contributed by atoms with Crippen molar-refractivity contribution >= 4 is 17.7 Å². The lowest BCUT2D eigenvalue weighted by Gasteiger charge is -1.79. The molecule has 1 heterocycles. The van der Waals surface area contributed by atoms with Gasteiger partial charge in [0.15, 0.2) is 0 Å². The highest BCUT2D eigenvalue weighted by molar-refractivity contribution is 7.07. The average molecular weight is 143 g/mol. The minimum Gasteiger partial charge on any atom is -0.399 e. The molecule has 0 saturated carbocycles. The van der Waals surface area contributed by atoms with Crippen molar-refractivity contribution in [1.82, 2.24) is 9.59 Å². The molecule has 0 N–H and O–H groups in total. The number of rotatable bonds is 2. The van der Waals surface area contributed by atoms with Crippen LogP contribution in [0.5, 0.6) is 0 Å². The van der Waals surface area contributed by atoms with Crippen molar-refractivity contribution in [3.63, 3.8) is 0 Å². The zero-order chi connectivity index (χ0) is 6.53. The van der Waals surface area contributed by atoms with E-state index in [-0.39, 0.29) is 0 Å². The summed E-state index contributed by atoms with van der Waals surface area (Å²) in [6.45, 7) is 0. The lowest BCUT2D eigenvalue weighted by atomic mass is 10.6. The summed E-state index contributed by atoms with van der Waals surface area (Å²) in [5.41, 5.74) is 0. The molecule has 0 unspecified atom stereocenters. The lowest BCUT2D eigenvalue weighted by Crippen LogP contribution is -1.73. The second kappa shape index (κ2) is 3.13. The first-order valence-electron chi connectivity index (χ1n) is 2.27. The van der Waals surface area contributed by atoms with Crippen molar-refractivity contribution in [1.29, 1.82) is 0 Å². The van der Waals surface area contributed by atoms with Gasteiger partial charge in [-0.1, -0.05) is 9.64 Å². The van der Waals surface area contributed by atoms with Crippen molar-refractivity contribution in [2.45, 2.75) is 0 Å². The second-order valence-electron chi connectivity index (χ2n) is 1.24. The molecular formula is C4H5N3OS. The summed E-state index contributed by atoms with van der Waals surface area (Å²) in [5, 5.41) is 7.12. The highest BCUT2D eigenvalue weighted by Gasteiger charge is 1.87. The van der Waals surface area contributed by atoms with Crippen molar-refractivity contribution in [2.24, 2.45) is 5.16 Å². The fraction of sp³-hybridized carbons (Fsp3) is 0.250. The van der Waals surface area contributed by atoms with Gasteiger partial charge in [-0.25, -0.2) is 0 Å². The van der Waals surface area contributed by atoms with E-state index in [2.05, 4.69) is 19.6 Å². The topological polar surface area (TPSA) is 47.4 Å². The van der Waals surface area contributed by atoms with E-state index in [0.717, 1.165) is 4.88 Å². The van der Waals surface area contributed by atoms with Gasteiger partial charge in [0.05, 0.1) is 17.3 Å². The van der Waals surface area contributed by atoms with Crippen LogP contribution in [0.4, 0.5) is 0 Å². The van der Waals surface area contributed by atoms with Gasteiger partial charge in [-0.3, -0.25) is 0 Å². The fourth-order valence-corrected chi connectivity index (χ4v) is 0.709. The molecule has 0 aromatic carbocycles. The molecule has 0 bridgehead atoms. The quantitative estimate of drug-likeness (QED) is 0.448. The van der Waals surface area contributed by atoms with Gasteiger partial charge < -0.3 is 4.84 Å². The zero-order valence-electron chi connectivity index (χ0n) is 4.81. The van der Waals surface area contributed by atoms with Gasteiger partial charge in [0, 0.05) is 0 Å². The maximum atomic E-state index is 4.44. The van der Waals surface area contributed by atoms with E-state index >= 15 is 0 Å². The molecule has 0 aliphatic carbocycles. The fourth-order valence-electron chi connectivity index (χ4n) is 0.336. The predicted octanol–water partition coefficient (Wildman–Crippen LogP) is 0.518. The van der Waals surface area contributed by atoms with Crippen LogP contribution in [0.3, 0.4) is 0 Å². The van der Waals surface area contributed by atoms with Crippen LogP contribution < -0.4 is 0 Å². The second-order valence-corrected chi connectivity index (χ2v) is 2.05. The summed E-state index contributed by atoms with van der Waals surface area (Å²) in [6, 6.07) is 0. The van der Waals surface area contributed by atoms with Gasteiger partial charge in [0.1, 0.15) is 7.11 Å². The molecule has 0 saturated heterocycles. The summed E-state index contributed by atoms with van der Waals surface area (Å²) in [5.74, 6) is 0. The van der Waals surface area contributed by atoms with E-state index in [0.29, 0.717) is 0 Å². The van der Waals surface area contributed by atoms with Crippen LogP contribution in [0.2, 0.25) is 0 Å². The summed E-state index contributed by atoms with van der Waals surface area (Å²) in [4.78, 5) is 5.32. The largest absolute Gasteiger partial charge is 0.399 e. The normalized spacial score (nSPS) is 10.3. The van der Waals surface area contributed by atoms with Crippen molar-refractivity contribution in [3.05, 3.63) is 11.1 Å². The van der Waals surface area contributed by atoms with Crippen molar-refractivity contribution in [2.75, 3.05) is 7.11 Å². The first kappa shape index (κ1) is 6.15.